The second kappa shape index (κ2) is 8.17. The zero-order valence-corrected chi connectivity index (χ0v) is 18.8. The van der Waals surface area contributed by atoms with E-state index in [4.69, 9.17) is 0 Å². The van der Waals surface area contributed by atoms with Crippen LogP contribution in [0.2, 0.25) is 0 Å². The van der Waals surface area contributed by atoms with Gasteiger partial charge in [-0.15, -0.1) is 0 Å². The van der Waals surface area contributed by atoms with Crippen LogP contribution in [0.3, 0.4) is 0 Å². The van der Waals surface area contributed by atoms with Crippen LogP contribution < -0.4 is 5.56 Å². The third kappa shape index (κ3) is 3.77. The number of nitrogens with zero attached hydrogens (tertiary/aromatic N) is 6. The quantitative estimate of drug-likeness (QED) is 0.416. The van der Waals surface area contributed by atoms with Crippen LogP contribution in [0.15, 0.2) is 72.0 Å². The van der Waals surface area contributed by atoms with E-state index < -0.39 is 5.60 Å². The van der Waals surface area contributed by atoms with Crippen LogP contribution in [0.4, 0.5) is 0 Å². The molecule has 2 N–H and O–H groups in total. The number of amides is 1. The highest BCUT2D eigenvalue weighted by Crippen LogP contribution is 2.26. The maximum absolute atomic E-state index is 13.1. The third-order valence-electron chi connectivity index (χ3n) is 6.69. The van der Waals surface area contributed by atoms with Gasteiger partial charge in [-0.1, -0.05) is 24.3 Å². The van der Waals surface area contributed by atoms with Crippen LogP contribution in [-0.4, -0.2) is 64.1 Å². The summed E-state index contributed by atoms with van der Waals surface area (Å²) in [4.78, 5) is 32.3. The minimum Gasteiger partial charge on any atom is -0.388 e. The van der Waals surface area contributed by atoms with Gasteiger partial charge in [-0.05, 0) is 37.1 Å². The van der Waals surface area contributed by atoms with E-state index in [1.807, 2.05) is 36.4 Å². The molecule has 0 aliphatic carbocycles. The molecule has 4 heterocycles. The Morgan fingerprint density at radius 3 is 2.69 bits per heavy atom. The van der Waals surface area contributed by atoms with Crippen molar-refractivity contribution in [3.05, 3.63) is 83.2 Å². The van der Waals surface area contributed by atoms with E-state index in [0.717, 1.165) is 16.6 Å². The molecule has 1 aliphatic heterocycles. The average molecular weight is 470 g/mol. The summed E-state index contributed by atoms with van der Waals surface area (Å²) in [7, 11) is 0. The Morgan fingerprint density at radius 2 is 1.89 bits per heavy atom. The van der Waals surface area contributed by atoms with Gasteiger partial charge < -0.3 is 10.0 Å². The highest BCUT2D eigenvalue weighted by molar-refractivity contribution is 5.97. The van der Waals surface area contributed by atoms with Gasteiger partial charge in [-0.3, -0.25) is 19.3 Å². The average Bonchev–Trinajstić information content (AvgIpc) is 3.53. The number of aromatic nitrogens is 6. The number of hydrogen-bond acceptors (Lipinski definition) is 6. The summed E-state index contributed by atoms with van der Waals surface area (Å²) >= 11 is 0. The molecule has 35 heavy (non-hydrogen) atoms. The predicted octanol–water partition coefficient (Wildman–Crippen LogP) is 2.13. The molecule has 1 amide bonds. The molecule has 1 fully saturated rings. The third-order valence-corrected chi connectivity index (χ3v) is 6.69. The number of aromatic amines is 1. The van der Waals surface area contributed by atoms with Crippen molar-refractivity contribution >= 4 is 27.8 Å². The van der Waals surface area contributed by atoms with E-state index in [1.165, 1.54) is 17.1 Å². The molecule has 5 aromatic rings. The number of para-hydroxylation sites is 1. The number of H-pyrrole nitrogens is 1. The number of likely N-dealkylation sites (tertiary alicyclic amines) is 1. The Bertz CT molecular complexity index is 1590. The molecule has 0 spiro atoms. The molecule has 10 nitrogen and oxygen atoms in total. The van der Waals surface area contributed by atoms with Crippen LogP contribution in [0.5, 0.6) is 0 Å². The first-order valence-electron chi connectivity index (χ1n) is 11.4. The molecule has 1 saturated heterocycles. The maximum Gasteiger partial charge on any atom is 0.264 e. The van der Waals surface area contributed by atoms with Crippen molar-refractivity contribution in [2.45, 2.75) is 25.0 Å². The SMILES string of the molecule is O=C(c1ccc2cn[nH]c2c1)N1CCC(O)(Cn2cnc3c(cnn3-c3ccccc3)c2=O)CC1. The lowest BCUT2D eigenvalue weighted by molar-refractivity contribution is -0.0299. The molecule has 0 saturated carbocycles. The summed E-state index contributed by atoms with van der Waals surface area (Å²) < 4.78 is 3.06. The number of carbonyl (C=O) groups is 1. The first-order valence-corrected chi connectivity index (χ1v) is 11.4. The summed E-state index contributed by atoms with van der Waals surface area (Å²) in [5, 5.41) is 23.8. The molecule has 2 aromatic carbocycles. The van der Waals surface area contributed by atoms with E-state index in [0.29, 0.717) is 42.5 Å². The lowest BCUT2D eigenvalue weighted by Gasteiger charge is -2.38. The maximum atomic E-state index is 13.1. The van der Waals surface area contributed by atoms with Crippen molar-refractivity contribution < 1.29 is 9.90 Å². The summed E-state index contributed by atoms with van der Waals surface area (Å²) in [6, 6.07) is 14.9. The molecular weight excluding hydrogens is 446 g/mol. The van der Waals surface area contributed by atoms with Crippen LogP contribution in [0, 0.1) is 0 Å². The van der Waals surface area contributed by atoms with E-state index in [-0.39, 0.29) is 18.0 Å². The van der Waals surface area contributed by atoms with Gasteiger partial charge in [-0.2, -0.15) is 10.2 Å². The summed E-state index contributed by atoms with van der Waals surface area (Å²) in [5.74, 6) is -0.0860. The molecule has 176 valence electrons. The van der Waals surface area contributed by atoms with Crippen molar-refractivity contribution in [3.63, 3.8) is 0 Å². The van der Waals surface area contributed by atoms with E-state index >= 15 is 0 Å². The molecule has 0 bridgehead atoms. The fourth-order valence-corrected chi connectivity index (χ4v) is 4.67. The molecule has 0 atom stereocenters. The van der Waals surface area contributed by atoms with Gasteiger partial charge in [0.25, 0.3) is 11.5 Å². The largest absolute Gasteiger partial charge is 0.388 e. The monoisotopic (exact) mass is 469 g/mol. The van der Waals surface area contributed by atoms with E-state index in [2.05, 4.69) is 20.3 Å². The smallest absolute Gasteiger partial charge is 0.264 e. The molecule has 0 radical (unpaired) electrons. The van der Waals surface area contributed by atoms with Crippen LogP contribution in [0.25, 0.3) is 27.6 Å². The number of benzene rings is 2. The zero-order chi connectivity index (χ0) is 24.0. The van der Waals surface area contributed by atoms with Crippen molar-refractivity contribution in [3.8, 4) is 5.69 Å². The second-order valence-corrected chi connectivity index (χ2v) is 9.00. The standard InChI is InChI=1S/C25H23N7O3/c33-23(17-6-7-18-13-27-29-21(18)12-17)30-10-8-25(35,9-11-30)15-31-16-26-22-20(24(31)34)14-28-32(22)19-4-2-1-3-5-19/h1-7,12-14,16,35H,8-11,15H2,(H,27,29). The second-order valence-electron chi connectivity index (χ2n) is 9.00. The number of hydrogen-bond donors (Lipinski definition) is 2. The highest BCUT2D eigenvalue weighted by atomic mass is 16.3. The van der Waals surface area contributed by atoms with Gasteiger partial charge in [0.2, 0.25) is 0 Å². The van der Waals surface area contributed by atoms with Gasteiger partial charge in [0.1, 0.15) is 11.7 Å². The number of aliphatic hydroxyl groups is 1. The number of carbonyl (C=O) groups excluding carboxylic acids is 1. The number of fused-ring (bicyclic) bond motifs is 2. The lowest BCUT2D eigenvalue weighted by atomic mass is 9.91. The fraction of sp³-hybridized carbons (Fsp3) is 0.240. The lowest BCUT2D eigenvalue weighted by Crippen LogP contribution is -2.49. The number of nitrogens with one attached hydrogen (secondary N) is 1. The Kier molecular flexibility index (Phi) is 4.96. The van der Waals surface area contributed by atoms with Crippen LogP contribution in [0.1, 0.15) is 23.2 Å². The van der Waals surface area contributed by atoms with Crippen LogP contribution in [-0.2, 0) is 6.54 Å². The topological polar surface area (TPSA) is 122 Å². The molecule has 3 aromatic heterocycles. The van der Waals surface area contributed by atoms with E-state index in [9.17, 15) is 14.7 Å². The van der Waals surface area contributed by atoms with Gasteiger partial charge in [-0.25, -0.2) is 9.67 Å². The van der Waals surface area contributed by atoms with Gasteiger partial charge in [0, 0.05) is 24.0 Å². The number of piperidine rings is 1. The summed E-state index contributed by atoms with van der Waals surface area (Å²) in [6.07, 6.45) is 5.40. The molecule has 6 rings (SSSR count). The highest BCUT2D eigenvalue weighted by Gasteiger charge is 2.35. The minimum absolute atomic E-state index is 0.0860. The Balaban J connectivity index is 1.18. The molecular formula is C25H23N7O3. The Hall–Kier alpha value is -4.31. The van der Waals surface area contributed by atoms with Gasteiger partial charge in [0.15, 0.2) is 5.65 Å². The Labute approximate surface area is 199 Å². The van der Waals surface area contributed by atoms with Crippen molar-refractivity contribution in [1.82, 2.24) is 34.4 Å². The molecule has 0 unspecified atom stereocenters. The first kappa shape index (κ1) is 21.2. The zero-order valence-electron chi connectivity index (χ0n) is 18.8. The van der Waals surface area contributed by atoms with Crippen molar-refractivity contribution in [1.29, 1.82) is 0 Å². The van der Waals surface area contributed by atoms with Crippen LogP contribution >= 0.6 is 0 Å². The molecule has 1 aliphatic rings. The number of rotatable bonds is 4. The fourth-order valence-electron chi connectivity index (χ4n) is 4.67. The first-order chi connectivity index (χ1) is 17.0. The van der Waals surface area contributed by atoms with Crippen molar-refractivity contribution in [2.24, 2.45) is 0 Å². The van der Waals surface area contributed by atoms with Gasteiger partial charge >= 0.3 is 0 Å². The minimum atomic E-state index is -1.11. The van der Waals surface area contributed by atoms with E-state index in [1.54, 1.807) is 27.9 Å². The Morgan fingerprint density at radius 1 is 1.09 bits per heavy atom. The normalized spacial score (nSPS) is 15.6. The van der Waals surface area contributed by atoms with Crippen molar-refractivity contribution in [2.75, 3.05) is 13.1 Å². The summed E-state index contributed by atoms with van der Waals surface area (Å²) in [5.41, 5.74) is 1.31. The molecule has 10 heteroatoms. The predicted molar refractivity (Wildman–Crippen MR) is 129 cm³/mol. The van der Waals surface area contributed by atoms with Gasteiger partial charge in [0.05, 0.1) is 35.7 Å². The summed E-state index contributed by atoms with van der Waals surface area (Å²) in [6.45, 7) is 0.896.